The van der Waals surface area contributed by atoms with E-state index in [2.05, 4.69) is 5.32 Å². The van der Waals surface area contributed by atoms with Crippen molar-refractivity contribution < 1.29 is 19.1 Å². The number of halogens is 1. The maximum Gasteiger partial charge on any atom is 0.226 e. The van der Waals surface area contributed by atoms with Crippen molar-refractivity contribution in [2.45, 2.75) is 37.8 Å². The van der Waals surface area contributed by atoms with Gasteiger partial charge >= 0.3 is 0 Å². The van der Waals surface area contributed by atoms with Crippen LogP contribution < -0.4 is 5.32 Å². The van der Waals surface area contributed by atoms with E-state index in [4.69, 9.17) is 0 Å². The van der Waals surface area contributed by atoms with Gasteiger partial charge in [-0.25, -0.2) is 4.39 Å². The Morgan fingerprint density at radius 1 is 1.10 bits per heavy atom. The summed E-state index contributed by atoms with van der Waals surface area (Å²) < 4.78 is 14.1. The molecule has 1 saturated carbocycles. The van der Waals surface area contributed by atoms with Crippen molar-refractivity contribution in [3.63, 3.8) is 0 Å². The number of rotatable bonds is 6. The fraction of sp³-hybridized carbons (Fsp3) is 0.391. The van der Waals surface area contributed by atoms with Crippen molar-refractivity contribution in [3.05, 3.63) is 59.9 Å². The number of carbonyl (C=O) groups excluding carboxylic acids is 2. The molecule has 6 heteroatoms. The molecule has 2 amide bonds. The zero-order valence-corrected chi connectivity index (χ0v) is 16.3. The minimum atomic E-state index is -0.304. The SMILES string of the molecule is CC(=O)NC[C@H]1[C@@H](c2ccc(-c3ccccc3F)cc2)[C@@H](CO)N1C(=O)C1CC1. The third kappa shape index (κ3) is 3.77. The fourth-order valence-corrected chi connectivity index (χ4v) is 4.31. The summed E-state index contributed by atoms with van der Waals surface area (Å²) in [5.41, 5.74) is 2.28. The summed E-state index contributed by atoms with van der Waals surface area (Å²) in [6.45, 7) is 1.67. The van der Waals surface area contributed by atoms with Crippen LogP contribution in [0.25, 0.3) is 11.1 Å². The maximum absolute atomic E-state index is 14.1. The van der Waals surface area contributed by atoms with Crippen molar-refractivity contribution in [1.29, 1.82) is 0 Å². The van der Waals surface area contributed by atoms with E-state index in [1.54, 1.807) is 23.1 Å². The highest BCUT2D eigenvalue weighted by Crippen LogP contribution is 2.44. The van der Waals surface area contributed by atoms with E-state index in [1.807, 2.05) is 24.3 Å². The maximum atomic E-state index is 14.1. The Bertz CT molecular complexity index is 911. The van der Waals surface area contributed by atoms with Crippen molar-refractivity contribution >= 4 is 11.8 Å². The van der Waals surface area contributed by atoms with E-state index in [0.29, 0.717) is 12.1 Å². The van der Waals surface area contributed by atoms with Crippen LogP contribution in [0.2, 0.25) is 0 Å². The number of nitrogens with zero attached hydrogens (tertiary/aromatic N) is 1. The van der Waals surface area contributed by atoms with Crippen LogP contribution >= 0.6 is 0 Å². The van der Waals surface area contributed by atoms with Gasteiger partial charge in [-0.1, -0.05) is 42.5 Å². The van der Waals surface area contributed by atoms with Crippen LogP contribution in [0, 0.1) is 11.7 Å². The summed E-state index contributed by atoms with van der Waals surface area (Å²) in [7, 11) is 0. The molecular formula is C23H25FN2O3. The first kappa shape index (κ1) is 19.6. The van der Waals surface area contributed by atoms with Gasteiger partial charge in [-0.3, -0.25) is 9.59 Å². The largest absolute Gasteiger partial charge is 0.394 e. The number of aliphatic hydroxyl groups is 1. The van der Waals surface area contributed by atoms with Crippen LogP contribution in [-0.4, -0.2) is 47.1 Å². The van der Waals surface area contributed by atoms with E-state index in [-0.39, 0.29) is 48.2 Å². The first-order valence-corrected chi connectivity index (χ1v) is 10.0. The lowest BCUT2D eigenvalue weighted by Crippen LogP contribution is -2.68. The number of amides is 2. The van der Waals surface area contributed by atoms with Crippen LogP contribution in [0.5, 0.6) is 0 Å². The molecule has 1 aliphatic heterocycles. The molecule has 29 heavy (non-hydrogen) atoms. The first-order chi connectivity index (χ1) is 14.0. The molecule has 152 valence electrons. The third-order valence-electron chi connectivity index (χ3n) is 5.95. The minimum absolute atomic E-state index is 0.0493. The highest BCUT2D eigenvalue weighted by molar-refractivity contribution is 5.83. The van der Waals surface area contributed by atoms with Crippen LogP contribution in [0.3, 0.4) is 0 Å². The molecule has 2 aromatic carbocycles. The molecule has 0 aromatic heterocycles. The highest BCUT2D eigenvalue weighted by atomic mass is 19.1. The van der Waals surface area contributed by atoms with Crippen LogP contribution in [0.15, 0.2) is 48.5 Å². The smallest absolute Gasteiger partial charge is 0.226 e. The Morgan fingerprint density at radius 3 is 2.38 bits per heavy atom. The topological polar surface area (TPSA) is 69.6 Å². The lowest BCUT2D eigenvalue weighted by molar-refractivity contribution is -0.152. The molecule has 2 aliphatic rings. The molecular weight excluding hydrogens is 371 g/mol. The Balaban J connectivity index is 1.59. The number of nitrogens with one attached hydrogen (secondary N) is 1. The van der Waals surface area contributed by atoms with Gasteiger partial charge in [0.2, 0.25) is 11.8 Å². The summed E-state index contributed by atoms with van der Waals surface area (Å²) in [5, 5.41) is 12.8. The Hall–Kier alpha value is -2.73. The Labute approximate surface area is 169 Å². The number of hydrogen-bond acceptors (Lipinski definition) is 3. The van der Waals surface area contributed by atoms with Gasteiger partial charge in [0.1, 0.15) is 5.82 Å². The second-order valence-electron chi connectivity index (χ2n) is 7.90. The van der Waals surface area contributed by atoms with Gasteiger partial charge in [0.15, 0.2) is 0 Å². The second kappa shape index (κ2) is 7.95. The Morgan fingerprint density at radius 2 is 1.79 bits per heavy atom. The minimum Gasteiger partial charge on any atom is -0.394 e. The predicted octanol–water partition coefficient (Wildman–Crippen LogP) is 2.69. The van der Waals surface area contributed by atoms with Crippen molar-refractivity contribution in [1.82, 2.24) is 10.2 Å². The van der Waals surface area contributed by atoms with Crippen LogP contribution in [0.4, 0.5) is 4.39 Å². The molecule has 4 rings (SSSR count). The van der Waals surface area contributed by atoms with E-state index < -0.39 is 0 Å². The quantitative estimate of drug-likeness (QED) is 0.789. The van der Waals surface area contributed by atoms with Crippen molar-refractivity contribution in [2.24, 2.45) is 5.92 Å². The molecule has 0 unspecified atom stereocenters. The molecule has 2 aromatic rings. The normalized spacial score (nSPS) is 23.4. The van der Waals surface area contributed by atoms with Crippen LogP contribution in [0.1, 0.15) is 31.2 Å². The zero-order chi connectivity index (χ0) is 20.5. The standard InChI is InChI=1S/C23H25FN2O3/c1-14(28)25-12-20-22(21(13-27)26(20)23(29)17-10-11-17)16-8-6-15(7-9-16)18-4-2-3-5-19(18)24/h2-9,17,20-22,27H,10-13H2,1H3,(H,25,28)/t20-,21+,22+/m0/s1. The van der Waals surface area contributed by atoms with Gasteiger partial charge < -0.3 is 15.3 Å². The number of likely N-dealkylation sites (tertiary alicyclic amines) is 1. The Kier molecular flexibility index (Phi) is 5.37. The van der Waals surface area contributed by atoms with E-state index in [9.17, 15) is 19.1 Å². The first-order valence-electron chi connectivity index (χ1n) is 10.0. The fourth-order valence-electron chi connectivity index (χ4n) is 4.31. The summed E-state index contributed by atoms with van der Waals surface area (Å²) in [6, 6.07) is 13.7. The number of benzene rings is 2. The van der Waals surface area contributed by atoms with Crippen molar-refractivity contribution in [2.75, 3.05) is 13.2 Å². The highest BCUT2D eigenvalue weighted by Gasteiger charge is 2.53. The van der Waals surface area contributed by atoms with E-state index in [1.165, 1.54) is 13.0 Å². The predicted molar refractivity (Wildman–Crippen MR) is 107 cm³/mol. The van der Waals surface area contributed by atoms with Gasteiger partial charge in [0.25, 0.3) is 0 Å². The zero-order valence-electron chi connectivity index (χ0n) is 16.3. The summed E-state index contributed by atoms with van der Waals surface area (Å²) in [6.07, 6.45) is 1.78. The van der Waals surface area contributed by atoms with Gasteiger partial charge in [0, 0.05) is 30.9 Å². The molecule has 1 aliphatic carbocycles. The van der Waals surface area contributed by atoms with E-state index >= 15 is 0 Å². The third-order valence-corrected chi connectivity index (χ3v) is 5.95. The van der Waals surface area contributed by atoms with Crippen molar-refractivity contribution in [3.8, 4) is 11.1 Å². The van der Waals surface area contributed by atoms with Gasteiger partial charge in [-0.2, -0.15) is 0 Å². The average Bonchev–Trinajstić information content (AvgIpc) is 3.53. The second-order valence-corrected chi connectivity index (χ2v) is 7.90. The summed E-state index contributed by atoms with van der Waals surface area (Å²) >= 11 is 0. The number of aliphatic hydroxyl groups excluding tert-OH is 1. The molecule has 1 heterocycles. The molecule has 3 atom stereocenters. The van der Waals surface area contributed by atoms with Crippen LogP contribution in [-0.2, 0) is 9.59 Å². The molecule has 2 N–H and O–H groups in total. The molecule has 0 radical (unpaired) electrons. The monoisotopic (exact) mass is 396 g/mol. The summed E-state index contributed by atoms with van der Waals surface area (Å²) in [5.74, 6) is -0.386. The van der Waals surface area contributed by atoms with Gasteiger partial charge in [-0.15, -0.1) is 0 Å². The lowest BCUT2D eigenvalue weighted by atomic mass is 9.74. The lowest BCUT2D eigenvalue weighted by Gasteiger charge is -2.55. The van der Waals surface area contributed by atoms with E-state index in [0.717, 1.165) is 24.0 Å². The average molecular weight is 396 g/mol. The van der Waals surface area contributed by atoms with Gasteiger partial charge in [0.05, 0.1) is 18.7 Å². The number of hydrogen-bond donors (Lipinski definition) is 2. The molecule has 1 saturated heterocycles. The molecule has 2 fully saturated rings. The molecule has 5 nitrogen and oxygen atoms in total. The van der Waals surface area contributed by atoms with Gasteiger partial charge in [-0.05, 0) is 30.0 Å². The summed E-state index contributed by atoms with van der Waals surface area (Å²) in [4.78, 5) is 25.9. The number of carbonyl (C=O) groups is 2. The molecule has 0 bridgehead atoms. The molecule has 0 spiro atoms.